The van der Waals surface area contributed by atoms with E-state index in [0.29, 0.717) is 112 Å². The van der Waals surface area contributed by atoms with Crippen molar-refractivity contribution in [1.29, 1.82) is 0 Å². The van der Waals surface area contributed by atoms with Crippen molar-refractivity contribution in [1.82, 2.24) is 19.9 Å². The molecule has 612 valence electrons. The van der Waals surface area contributed by atoms with Crippen LogP contribution in [0, 0.1) is 44.5 Å². The van der Waals surface area contributed by atoms with Crippen LogP contribution in [0.5, 0.6) is 11.5 Å². The lowest BCUT2D eigenvalue weighted by molar-refractivity contribution is 0.101. The molecule has 3 aliphatic heterocycles. The van der Waals surface area contributed by atoms with E-state index in [1.165, 1.54) is 22.7 Å². The average molecular weight is 1690 g/mol. The van der Waals surface area contributed by atoms with Crippen LogP contribution in [0.25, 0.3) is 43.6 Å². The lowest BCUT2D eigenvalue weighted by Crippen LogP contribution is -2.10. The standard InChI is InChI=1S/C19H15NO2.C18H12ClNO2.C17H9Cl2NO2.C9H9NO.C9H9N.C8H6ClNO.C8H6ClN.8CH4.O2/c1-10-5-3-7-12-9-13(18(21)15(10)12)17-19(22)16-11(2)6-4-8-14(16)20-17;1-9-4-2-7-14-15(9)18(22)16(20-14)12-8-11-10(17(12)21)5-3-6-13(11)19;18-12-5-1-3-8-10(12)7-11(16(8)21)15-17(22)9-4-2-6-13(19)14(9)20-15;1-6-3-2-4-7-9(6)8(11)5-10-7;1-7-3-2-4-9-8(7)5-6-10-9;9-6-3-1-2-5-7(11)4-10-8(5)6;9-7-3-1-2-6-4-5-10-8(6)7;;;;;;;;;1-2/h3-8,20H,9H2,1-2H3;2-7,20H,8H2,1H3;1-6,20H,7H2;2-5,10-11H,1H3;2-6,10H,1H3;1-4,10-11H;1-5,10H;8*1H4;/b17-13-;16-12-;15-11-;;;;;;;;;;;;;. The third kappa shape index (κ3) is 18.7. The Labute approximate surface area is 713 Å². The van der Waals surface area contributed by atoms with Gasteiger partial charge in [-0.15, -0.1) is 0 Å². The minimum atomic E-state index is -0.204. The van der Waals surface area contributed by atoms with Gasteiger partial charge in [-0.3, -0.25) is 28.8 Å². The quantitative estimate of drug-likeness (QED) is 0.0640. The molecular weight excluding hydrogens is 1590 g/mol. The highest BCUT2D eigenvalue weighted by Gasteiger charge is 2.39. The zero-order valence-electron chi connectivity index (χ0n) is 59.5. The van der Waals surface area contributed by atoms with Gasteiger partial charge in [0.05, 0.1) is 71.4 Å². The first kappa shape index (κ1) is 96.2. The molecule has 0 amide bonds. The van der Waals surface area contributed by atoms with Gasteiger partial charge >= 0.3 is 0 Å². The number of halogens is 5. The molecule has 118 heavy (non-hydrogen) atoms. The van der Waals surface area contributed by atoms with Gasteiger partial charge in [0.15, 0.2) is 17.3 Å². The molecule has 0 bridgehead atoms. The number of Topliss-reactive ketones (excluding diaryl/α,β-unsaturated/α-hetero) is 6. The molecule has 4 aromatic heterocycles. The number of allylic oxidation sites excluding steroid dienone is 6. The number of hydrogen-bond acceptors (Lipinski definition) is 13. The number of fused-ring (bicyclic) bond motifs is 10. The number of rotatable bonds is 0. The second-order valence-electron chi connectivity index (χ2n) is 26.4. The van der Waals surface area contributed by atoms with E-state index >= 15 is 0 Å². The molecule has 7 heterocycles. The van der Waals surface area contributed by atoms with Crippen LogP contribution in [0.1, 0.15) is 166 Å². The Morgan fingerprint density at radius 2 is 0.754 bits per heavy atom. The number of aromatic hydroxyl groups is 2. The second-order valence-corrected chi connectivity index (χ2v) is 28.5. The van der Waals surface area contributed by atoms with Crippen LogP contribution in [-0.2, 0) is 19.3 Å². The highest BCUT2D eigenvalue weighted by Crippen LogP contribution is 2.43. The van der Waals surface area contributed by atoms with E-state index in [4.69, 9.17) is 67.9 Å². The summed E-state index contributed by atoms with van der Waals surface area (Å²) in [6.07, 6.45) is 8.27. The van der Waals surface area contributed by atoms with E-state index in [2.05, 4.69) is 67.1 Å². The van der Waals surface area contributed by atoms with Crippen LogP contribution >= 0.6 is 58.0 Å². The Hall–Kier alpha value is -12.4. The lowest BCUT2D eigenvalue weighted by Gasteiger charge is -2.03. The predicted octanol–water partition coefficient (Wildman–Crippen LogP) is 27.0. The maximum absolute atomic E-state index is 12.7. The maximum atomic E-state index is 12.7. The van der Waals surface area contributed by atoms with Crippen molar-refractivity contribution >= 4 is 153 Å². The molecule has 0 spiro atoms. The van der Waals surface area contributed by atoms with Crippen LogP contribution in [0.15, 0.2) is 253 Å². The molecule has 17 nitrogen and oxygen atoms in total. The fraction of sp³-hybridized carbons (Fsp3) is 0.167. The topological polar surface area (TPSA) is 276 Å². The number of hydrogen-bond donors (Lipinski definition) is 9. The third-order valence-electron chi connectivity index (χ3n) is 19.7. The summed E-state index contributed by atoms with van der Waals surface area (Å²) in [4.78, 5) is 102. The van der Waals surface area contributed by atoms with Gasteiger partial charge in [-0.2, -0.15) is 0 Å². The van der Waals surface area contributed by atoms with E-state index in [-0.39, 0.29) is 99.9 Å². The number of H-pyrrole nitrogens is 4. The molecule has 0 saturated carbocycles. The molecule has 0 fully saturated rings. The molecule has 3 aliphatic carbocycles. The van der Waals surface area contributed by atoms with E-state index < -0.39 is 0 Å². The molecule has 0 atom stereocenters. The summed E-state index contributed by atoms with van der Waals surface area (Å²) in [6, 6.07) is 60.3. The molecule has 10 aromatic carbocycles. The number of nitrogens with one attached hydrogen (secondary N) is 7. The zero-order valence-corrected chi connectivity index (χ0v) is 63.2. The highest BCUT2D eigenvalue weighted by molar-refractivity contribution is 6.38. The first-order valence-electron chi connectivity index (χ1n) is 34.6. The summed E-state index contributed by atoms with van der Waals surface area (Å²) in [7, 11) is 0. The maximum Gasteiger partial charge on any atom is 0.211 e. The van der Waals surface area contributed by atoms with Crippen molar-refractivity contribution in [3.8, 4) is 11.5 Å². The minimum absolute atomic E-state index is 0. The van der Waals surface area contributed by atoms with Gasteiger partial charge in [-0.05, 0) is 158 Å². The number of anilines is 3. The number of ketones is 6. The van der Waals surface area contributed by atoms with Crippen molar-refractivity contribution in [2.45, 2.75) is 113 Å². The molecule has 20 rings (SSSR count). The fourth-order valence-corrected chi connectivity index (χ4v) is 15.5. The van der Waals surface area contributed by atoms with Crippen LogP contribution in [0.4, 0.5) is 17.1 Å². The van der Waals surface area contributed by atoms with Crippen LogP contribution in [0.3, 0.4) is 0 Å². The van der Waals surface area contributed by atoms with E-state index in [1.807, 2.05) is 143 Å². The van der Waals surface area contributed by atoms with Gasteiger partial charge < -0.3 is 46.1 Å². The second kappa shape index (κ2) is 41.0. The van der Waals surface area contributed by atoms with Gasteiger partial charge in [0, 0.05) is 136 Å². The fourth-order valence-electron chi connectivity index (χ4n) is 14.3. The monoisotopic (exact) mass is 1680 g/mol. The summed E-state index contributed by atoms with van der Waals surface area (Å²) >= 11 is 30.1. The summed E-state index contributed by atoms with van der Waals surface area (Å²) in [5, 5.41) is 35.0. The number of para-hydroxylation sites is 3. The van der Waals surface area contributed by atoms with Crippen molar-refractivity contribution in [3.05, 3.63) is 366 Å². The van der Waals surface area contributed by atoms with Crippen molar-refractivity contribution in [3.63, 3.8) is 0 Å². The van der Waals surface area contributed by atoms with Crippen LogP contribution in [0.2, 0.25) is 25.1 Å². The number of benzene rings is 10. The van der Waals surface area contributed by atoms with E-state index in [0.717, 1.165) is 93.6 Å². The van der Waals surface area contributed by atoms with Crippen molar-refractivity contribution < 1.29 is 39.0 Å². The minimum Gasteiger partial charge on any atom is -0.506 e. The Kier molecular flexibility index (Phi) is 33.4. The summed E-state index contributed by atoms with van der Waals surface area (Å²) in [5.74, 6) is -0.0989. The lowest BCUT2D eigenvalue weighted by atomic mass is 10.0. The number of aryl methyl sites for hydroxylation is 5. The summed E-state index contributed by atoms with van der Waals surface area (Å²) in [6.45, 7) is 9.86. The van der Waals surface area contributed by atoms with Crippen molar-refractivity contribution in [2.24, 2.45) is 0 Å². The first-order chi connectivity index (χ1) is 53.1. The average Bonchev–Trinajstić information content (AvgIpc) is 1.61. The molecule has 0 unspecified atom stereocenters. The molecule has 14 aromatic rings. The Balaban J connectivity index is 0.000000248. The van der Waals surface area contributed by atoms with E-state index in [9.17, 15) is 39.0 Å². The van der Waals surface area contributed by atoms with Gasteiger partial charge in [-0.1, -0.05) is 233 Å². The summed E-state index contributed by atoms with van der Waals surface area (Å²) in [5.41, 5.74) is 20.4. The SMILES string of the molecule is C.C.C.C.C.C.C.C.Cc1cccc2[nH]cc(O)c12.Cc1cccc2[nH]ccc12.Cc1cccc2c1C(=O)/C(=C1\Cc3c(Cl)cccc3C1=O)N2.Cc1cccc2c1C(=O)/C(=C1\Nc3cccc(C)c3C1=O)C2.Clc1cccc2cc[nH]c12.O=C1/C(=C2\Nc3c(Cl)cccc3C2=O)Cc2c(Cl)cccc21.O=O.Oc1c[nH]c2c(Cl)cccc12. The molecule has 6 aliphatic rings. The molecular formula is C96H98Cl5N7O10. The Morgan fingerprint density at radius 1 is 0.322 bits per heavy atom. The normalized spacial score (nSPS) is 14.5. The molecule has 22 heteroatoms. The third-order valence-corrected chi connectivity index (χ3v) is 21.4. The van der Waals surface area contributed by atoms with Crippen LogP contribution in [-0.4, -0.2) is 64.8 Å². The van der Waals surface area contributed by atoms with Crippen molar-refractivity contribution in [2.75, 3.05) is 16.0 Å². The Bertz CT molecular complexity index is 5810. The number of aromatic amines is 4. The van der Waals surface area contributed by atoms with Gasteiger partial charge in [0.1, 0.15) is 11.5 Å². The van der Waals surface area contributed by atoms with Crippen LogP contribution < -0.4 is 16.0 Å². The molecule has 0 radical (unpaired) electrons. The summed E-state index contributed by atoms with van der Waals surface area (Å²) < 4.78 is 0. The van der Waals surface area contributed by atoms with E-state index in [1.54, 1.807) is 72.9 Å². The number of aromatic nitrogens is 4. The first-order valence-corrected chi connectivity index (χ1v) is 36.5. The molecule has 9 N–H and O–H groups in total. The zero-order chi connectivity index (χ0) is 77.9. The predicted molar refractivity (Wildman–Crippen MR) is 494 cm³/mol. The van der Waals surface area contributed by atoms with Gasteiger partial charge in [-0.25, -0.2) is 0 Å². The smallest absolute Gasteiger partial charge is 0.211 e. The van der Waals surface area contributed by atoms with Gasteiger partial charge in [0.2, 0.25) is 17.3 Å². The highest BCUT2D eigenvalue weighted by atomic mass is 35.5. The van der Waals surface area contributed by atoms with Gasteiger partial charge in [0.25, 0.3) is 0 Å². The number of carbonyl (C=O) groups is 6. The largest absolute Gasteiger partial charge is 0.506 e. The Morgan fingerprint density at radius 3 is 1.26 bits per heavy atom. The number of carbonyl (C=O) groups excluding carboxylic acids is 6. The molecule has 0 saturated heterocycles.